The number of hydrogen-bond donors (Lipinski definition) is 1. The van der Waals surface area contributed by atoms with E-state index in [-0.39, 0.29) is 6.04 Å². The van der Waals surface area contributed by atoms with Crippen molar-refractivity contribution in [3.05, 3.63) is 34.4 Å². The van der Waals surface area contributed by atoms with Crippen LogP contribution in [-0.2, 0) is 11.2 Å². The minimum Gasteiger partial charge on any atom is -0.336 e. The Labute approximate surface area is 109 Å². The quantitative estimate of drug-likeness (QED) is 0.827. The first-order valence-electron chi connectivity index (χ1n) is 6.69. The van der Waals surface area contributed by atoms with Crippen molar-refractivity contribution in [2.24, 2.45) is 0 Å². The molecule has 0 radical (unpaired) electrons. The van der Waals surface area contributed by atoms with Crippen molar-refractivity contribution in [3.63, 3.8) is 0 Å². The smallest absolute Gasteiger partial charge is 0.210 e. The van der Waals surface area contributed by atoms with Crippen molar-refractivity contribution in [3.8, 4) is 0 Å². The van der Waals surface area contributed by atoms with Crippen molar-refractivity contribution >= 4 is 6.41 Å². The van der Waals surface area contributed by atoms with Crippen molar-refractivity contribution in [2.45, 2.75) is 33.2 Å². The van der Waals surface area contributed by atoms with Gasteiger partial charge in [0, 0.05) is 19.6 Å². The highest BCUT2D eigenvalue weighted by Crippen LogP contribution is 2.27. The summed E-state index contributed by atoms with van der Waals surface area (Å²) in [6, 6.07) is 4.69. The fourth-order valence-corrected chi connectivity index (χ4v) is 2.65. The number of nitrogens with one attached hydrogen (secondary N) is 1. The van der Waals surface area contributed by atoms with E-state index in [2.05, 4.69) is 38.2 Å². The van der Waals surface area contributed by atoms with Gasteiger partial charge in [-0.05, 0) is 42.5 Å². The molecule has 1 aliphatic heterocycles. The summed E-state index contributed by atoms with van der Waals surface area (Å²) in [6.45, 7) is 9.02. The van der Waals surface area contributed by atoms with Crippen LogP contribution in [0.2, 0.25) is 0 Å². The largest absolute Gasteiger partial charge is 0.336 e. The molecule has 0 spiro atoms. The molecular weight excluding hydrogens is 224 g/mol. The van der Waals surface area contributed by atoms with Crippen LogP contribution in [0, 0.1) is 13.8 Å². The first-order valence-corrected chi connectivity index (χ1v) is 6.69. The summed E-state index contributed by atoms with van der Waals surface area (Å²) >= 11 is 0. The van der Waals surface area contributed by atoms with E-state index in [1.165, 1.54) is 22.3 Å². The van der Waals surface area contributed by atoms with Crippen LogP contribution < -0.4 is 5.32 Å². The van der Waals surface area contributed by atoms with Crippen LogP contribution in [0.15, 0.2) is 12.1 Å². The zero-order valence-corrected chi connectivity index (χ0v) is 11.5. The molecule has 0 bridgehead atoms. The van der Waals surface area contributed by atoms with Gasteiger partial charge in [0.15, 0.2) is 0 Å². The number of piperazine rings is 1. The highest BCUT2D eigenvalue weighted by atomic mass is 16.1. The molecule has 1 heterocycles. The minimum atomic E-state index is 0.182. The van der Waals surface area contributed by atoms with Crippen LogP contribution in [-0.4, -0.2) is 30.9 Å². The van der Waals surface area contributed by atoms with E-state index in [1.807, 2.05) is 4.90 Å². The molecule has 1 aliphatic rings. The molecule has 2 rings (SSSR count). The Morgan fingerprint density at radius 3 is 2.89 bits per heavy atom. The predicted molar refractivity (Wildman–Crippen MR) is 73.7 cm³/mol. The summed E-state index contributed by atoms with van der Waals surface area (Å²) in [7, 11) is 0. The maximum atomic E-state index is 11.2. The van der Waals surface area contributed by atoms with Crippen LogP contribution in [0.25, 0.3) is 0 Å². The lowest BCUT2D eigenvalue weighted by Crippen LogP contribution is -2.45. The first-order chi connectivity index (χ1) is 8.67. The molecule has 0 unspecified atom stereocenters. The van der Waals surface area contributed by atoms with Crippen LogP contribution >= 0.6 is 0 Å². The van der Waals surface area contributed by atoms with Crippen molar-refractivity contribution in [1.82, 2.24) is 10.2 Å². The number of hydrogen-bond acceptors (Lipinski definition) is 2. The molecule has 1 fully saturated rings. The fraction of sp³-hybridized carbons (Fsp3) is 0.533. The lowest BCUT2D eigenvalue weighted by molar-refractivity contribution is -0.121. The third kappa shape index (κ3) is 2.41. The predicted octanol–water partition coefficient (Wildman–Crippen LogP) is 1.97. The highest BCUT2D eigenvalue weighted by Gasteiger charge is 2.24. The molecule has 1 atom stereocenters. The standard InChI is InChI=1S/C15H22N2O/c1-4-13-7-11(2)12(3)14(8-13)15-9-16-5-6-17(15)10-18/h7-8,10,15-16H,4-6,9H2,1-3H3/t15-/m0/s1. The van der Waals surface area contributed by atoms with Gasteiger partial charge in [-0.3, -0.25) is 4.79 Å². The summed E-state index contributed by atoms with van der Waals surface area (Å²) in [5, 5.41) is 3.38. The molecule has 3 heteroatoms. The van der Waals surface area contributed by atoms with Crippen molar-refractivity contribution in [1.29, 1.82) is 0 Å². The summed E-state index contributed by atoms with van der Waals surface area (Å²) in [5.74, 6) is 0. The second-order valence-electron chi connectivity index (χ2n) is 5.04. The van der Waals surface area contributed by atoms with Crippen molar-refractivity contribution < 1.29 is 4.79 Å². The molecule has 1 amide bonds. The monoisotopic (exact) mass is 246 g/mol. The molecular formula is C15H22N2O. The molecule has 98 valence electrons. The van der Waals surface area contributed by atoms with Gasteiger partial charge in [0.25, 0.3) is 0 Å². The summed E-state index contributed by atoms with van der Waals surface area (Å²) in [6.07, 6.45) is 2.02. The molecule has 1 N–H and O–H groups in total. The van der Waals surface area contributed by atoms with E-state index < -0.39 is 0 Å². The van der Waals surface area contributed by atoms with Gasteiger partial charge in [0.1, 0.15) is 0 Å². The van der Waals surface area contributed by atoms with E-state index in [0.29, 0.717) is 0 Å². The van der Waals surface area contributed by atoms with Gasteiger partial charge in [-0.2, -0.15) is 0 Å². The lowest BCUT2D eigenvalue weighted by Gasteiger charge is -2.35. The Bertz CT molecular complexity index is 442. The summed E-state index contributed by atoms with van der Waals surface area (Å²) in [5.41, 5.74) is 5.28. The topological polar surface area (TPSA) is 32.3 Å². The van der Waals surface area contributed by atoms with Gasteiger partial charge in [0.05, 0.1) is 6.04 Å². The molecule has 1 aromatic carbocycles. The van der Waals surface area contributed by atoms with Gasteiger partial charge in [-0.25, -0.2) is 0 Å². The lowest BCUT2D eigenvalue weighted by atomic mass is 9.92. The number of aryl methyl sites for hydroxylation is 2. The number of nitrogens with zero attached hydrogens (tertiary/aromatic N) is 1. The maximum Gasteiger partial charge on any atom is 0.210 e. The number of amides is 1. The van der Waals surface area contributed by atoms with E-state index in [1.54, 1.807) is 0 Å². The van der Waals surface area contributed by atoms with Gasteiger partial charge in [0.2, 0.25) is 6.41 Å². The average molecular weight is 246 g/mol. The van der Waals surface area contributed by atoms with E-state index in [9.17, 15) is 4.79 Å². The molecule has 1 saturated heterocycles. The normalized spacial score (nSPS) is 19.9. The number of rotatable bonds is 3. The Balaban J connectivity index is 2.41. The molecule has 0 saturated carbocycles. The Morgan fingerprint density at radius 1 is 1.44 bits per heavy atom. The Morgan fingerprint density at radius 2 is 2.22 bits per heavy atom. The molecule has 0 aliphatic carbocycles. The number of benzene rings is 1. The third-order valence-corrected chi connectivity index (χ3v) is 3.95. The van der Waals surface area contributed by atoms with Gasteiger partial charge >= 0.3 is 0 Å². The number of carbonyl (C=O) groups excluding carboxylic acids is 1. The summed E-state index contributed by atoms with van der Waals surface area (Å²) in [4.78, 5) is 13.1. The highest BCUT2D eigenvalue weighted by molar-refractivity contribution is 5.51. The number of carbonyl (C=O) groups is 1. The molecule has 3 nitrogen and oxygen atoms in total. The summed E-state index contributed by atoms with van der Waals surface area (Å²) < 4.78 is 0. The molecule has 18 heavy (non-hydrogen) atoms. The van der Waals surface area contributed by atoms with Gasteiger partial charge < -0.3 is 10.2 Å². The maximum absolute atomic E-state index is 11.2. The minimum absolute atomic E-state index is 0.182. The molecule has 0 aromatic heterocycles. The van der Waals surface area contributed by atoms with E-state index >= 15 is 0 Å². The zero-order valence-electron chi connectivity index (χ0n) is 11.5. The van der Waals surface area contributed by atoms with Crippen LogP contribution in [0.4, 0.5) is 0 Å². The first kappa shape index (κ1) is 13.1. The van der Waals surface area contributed by atoms with Gasteiger partial charge in [-0.1, -0.05) is 19.1 Å². The second-order valence-corrected chi connectivity index (χ2v) is 5.04. The third-order valence-electron chi connectivity index (χ3n) is 3.95. The fourth-order valence-electron chi connectivity index (χ4n) is 2.65. The Kier molecular flexibility index (Phi) is 4.02. The van der Waals surface area contributed by atoms with Crippen molar-refractivity contribution in [2.75, 3.05) is 19.6 Å². The SMILES string of the molecule is CCc1cc(C)c(C)c([C@@H]2CNCCN2C=O)c1. The second kappa shape index (κ2) is 5.53. The average Bonchev–Trinajstić information content (AvgIpc) is 2.41. The van der Waals surface area contributed by atoms with Crippen LogP contribution in [0.1, 0.15) is 35.2 Å². The van der Waals surface area contributed by atoms with Crippen LogP contribution in [0.5, 0.6) is 0 Å². The van der Waals surface area contributed by atoms with Gasteiger partial charge in [-0.15, -0.1) is 0 Å². The zero-order chi connectivity index (χ0) is 13.1. The van der Waals surface area contributed by atoms with E-state index in [0.717, 1.165) is 32.5 Å². The Hall–Kier alpha value is -1.35. The van der Waals surface area contributed by atoms with E-state index in [4.69, 9.17) is 0 Å². The molecule has 1 aromatic rings. The van der Waals surface area contributed by atoms with Crippen LogP contribution in [0.3, 0.4) is 0 Å².